The largest absolute Gasteiger partial charge is 0.478 e. The number of carbonyl (C=O) groups is 1. The Bertz CT molecular complexity index is 697. The van der Waals surface area contributed by atoms with Gasteiger partial charge in [-0.3, -0.25) is 5.01 Å². The molecule has 0 saturated carbocycles. The Hall–Kier alpha value is -2.44. The molecule has 1 aliphatic heterocycles. The van der Waals surface area contributed by atoms with Gasteiger partial charge in [0.25, 0.3) is 0 Å². The molecule has 1 aromatic heterocycles. The Morgan fingerprint density at radius 3 is 2.54 bits per heavy atom. The highest BCUT2D eigenvalue weighted by atomic mass is 16.5. The van der Waals surface area contributed by atoms with Crippen molar-refractivity contribution < 1.29 is 14.6 Å². The second-order valence-electron chi connectivity index (χ2n) is 5.57. The molecule has 126 valence electrons. The Labute approximate surface area is 141 Å². The van der Waals surface area contributed by atoms with Crippen molar-refractivity contribution in [2.45, 2.75) is 6.92 Å². The van der Waals surface area contributed by atoms with Crippen LogP contribution in [0.1, 0.15) is 17.3 Å². The second-order valence-corrected chi connectivity index (χ2v) is 5.57. The van der Waals surface area contributed by atoms with Crippen molar-refractivity contribution in [3.8, 4) is 11.1 Å². The summed E-state index contributed by atoms with van der Waals surface area (Å²) in [5.41, 5.74) is 2.28. The molecule has 1 N–H and O–H groups in total. The van der Waals surface area contributed by atoms with Gasteiger partial charge >= 0.3 is 5.97 Å². The summed E-state index contributed by atoms with van der Waals surface area (Å²) >= 11 is 0. The number of hydrazine groups is 1. The maximum Gasteiger partial charge on any atom is 0.335 e. The number of pyridine rings is 1. The molecule has 0 bridgehead atoms. The zero-order valence-electron chi connectivity index (χ0n) is 13.7. The van der Waals surface area contributed by atoms with Crippen molar-refractivity contribution in [3.05, 3.63) is 48.2 Å². The van der Waals surface area contributed by atoms with Gasteiger partial charge in [-0.2, -0.15) is 0 Å². The van der Waals surface area contributed by atoms with E-state index in [1.165, 1.54) is 0 Å². The van der Waals surface area contributed by atoms with Crippen molar-refractivity contribution in [1.82, 2.24) is 9.99 Å². The van der Waals surface area contributed by atoms with Crippen LogP contribution in [-0.4, -0.2) is 53.9 Å². The lowest BCUT2D eigenvalue weighted by Gasteiger charge is -2.37. The first-order chi connectivity index (χ1) is 11.7. The SMILES string of the molecule is CCN(c1cc(-c2ccc(C(=O)O)cc2)ccn1)N1CCOCC1. The Morgan fingerprint density at radius 1 is 1.21 bits per heavy atom. The van der Waals surface area contributed by atoms with Gasteiger partial charge in [0.1, 0.15) is 5.82 Å². The first-order valence-corrected chi connectivity index (χ1v) is 8.09. The van der Waals surface area contributed by atoms with Crippen LogP contribution in [-0.2, 0) is 4.74 Å². The highest BCUT2D eigenvalue weighted by Gasteiger charge is 2.19. The summed E-state index contributed by atoms with van der Waals surface area (Å²) in [6.07, 6.45) is 1.79. The molecule has 1 fully saturated rings. The summed E-state index contributed by atoms with van der Waals surface area (Å²) in [7, 11) is 0. The van der Waals surface area contributed by atoms with Crippen LogP contribution in [0.15, 0.2) is 42.6 Å². The van der Waals surface area contributed by atoms with Gasteiger partial charge in [-0.1, -0.05) is 12.1 Å². The summed E-state index contributed by atoms with van der Waals surface area (Å²) in [4.78, 5) is 15.5. The third kappa shape index (κ3) is 3.55. The minimum atomic E-state index is -0.915. The van der Waals surface area contributed by atoms with E-state index in [1.807, 2.05) is 24.3 Å². The van der Waals surface area contributed by atoms with Gasteiger partial charge in [0.2, 0.25) is 0 Å². The molecule has 0 radical (unpaired) electrons. The number of hydrogen-bond donors (Lipinski definition) is 1. The molecular weight excluding hydrogens is 306 g/mol. The molecule has 6 heteroatoms. The van der Waals surface area contributed by atoms with Crippen molar-refractivity contribution in [3.63, 3.8) is 0 Å². The molecule has 3 rings (SSSR count). The Balaban J connectivity index is 1.86. The molecule has 2 aromatic rings. The molecule has 0 unspecified atom stereocenters. The predicted molar refractivity (Wildman–Crippen MR) is 92.0 cm³/mol. The number of nitrogens with zero attached hydrogens (tertiary/aromatic N) is 3. The summed E-state index contributed by atoms with van der Waals surface area (Å²) < 4.78 is 5.42. The molecule has 6 nitrogen and oxygen atoms in total. The Morgan fingerprint density at radius 2 is 1.92 bits per heavy atom. The van der Waals surface area contributed by atoms with Crippen molar-refractivity contribution >= 4 is 11.8 Å². The number of benzene rings is 1. The van der Waals surface area contributed by atoms with Gasteiger partial charge in [0.05, 0.1) is 18.8 Å². The zero-order valence-corrected chi connectivity index (χ0v) is 13.7. The average Bonchev–Trinajstić information content (AvgIpc) is 2.64. The van der Waals surface area contributed by atoms with Gasteiger partial charge in [0, 0.05) is 25.8 Å². The van der Waals surface area contributed by atoms with Crippen LogP contribution in [0.2, 0.25) is 0 Å². The van der Waals surface area contributed by atoms with E-state index in [0.717, 1.165) is 49.8 Å². The lowest BCUT2D eigenvalue weighted by Crippen LogP contribution is -2.49. The highest BCUT2D eigenvalue weighted by molar-refractivity contribution is 5.88. The number of carboxylic acid groups (broad SMARTS) is 1. The van der Waals surface area contributed by atoms with Gasteiger partial charge < -0.3 is 9.84 Å². The predicted octanol–water partition coefficient (Wildman–Crippen LogP) is 2.52. The number of ether oxygens (including phenoxy) is 1. The van der Waals surface area contributed by atoms with Gasteiger partial charge in [-0.15, -0.1) is 0 Å². The minimum absolute atomic E-state index is 0.288. The smallest absolute Gasteiger partial charge is 0.335 e. The van der Waals surface area contributed by atoms with Gasteiger partial charge in [-0.05, 0) is 42.3 Å². The van der Waals surface area contributed by atoms with E-state index in [1.54, 1.807) is 18.3 Å². The van der Waals surface area contributed by atoms with Crippen LogP contribution < -0.4 is 5.01 Å². The quantitative estimate of drug-likeness (QED) is 0.910. The normalized spacial score (nSPS) is 15.2. The third-order valence-electron chi connectivity index (χ3n) is 4.10. The molecule has 2 heterocycles. The number of carboxylic acids is 1. The van der Waals surface area contributed by atoms with E-state index in [-0.39, 0.29) is 5.56 Å². The zero-order chi connectivity index (χ0) is 16.9. The molecule has 1 saturated heterocycles. The fraction of sp³-hybridized carbons (Fsp3) is 0.333. The van der Waals surface area contributed by atoms with E-state index >= 15 is 0 Å². The average molecular weight is 327 g/mol. The number of aromatic nitrogens is 1. The van der Waals surface area contributed by atoms with Crippen molar-refractivity contribution in [1.29, 1.82) is 0 Å². The highest BCUT2D eigenvalue weighted by Crippen LogP contribution is 2.24. The molecule has 0 atom stereocenters. The lowest BCUT2D eigenvalue weighted by molar-refractivity contribution is 0.0318. The maximum atomic E-state index is 11.0. The van der Waals surface area contributed by atoms with E-state index in [2.05, 4.69) is 21.9 Å². The fourth-order valence-electron chi connectivity index (χ4n) is 2.85. The monoisotopic (exact) mass is 327 g/mol. The van der Waals surface area contributed by atoms with E-state index in [0.29, 0.717) is 0 Å². The number of anilines is 1. The van der Waals surface area contributed by atoms with Crippen LogP contribution in [0.25, 0.3) is 11.1 Å². The van der Waals surface area contributed by atoms with Gasteiger partial charge in [-0.25, -0.2) is 14.8 Å². The van der Waals surface area contributed by atoms with Crippen LogP contribution in [0.3, 0.4) is 0 Å². The molecule has 1 aromatic carbocycles. The number of rotatable bonds is 5. The molecule has 0 spiro atoms. The summed E-state index contributed by atoms with van der Waals surface area (Å²) in [6, 6.07) is 10.9. The van der Waals surface area contributed by atoms with E-state index < -0.39 is 5.97 Å². The first-order valence-electron chi connectivity index (χ1n) is 8.09. The molecule has 0 amide bonds. The second kappa shape index (κ2) is 7.42. The lowest BCUT2D eigenvalue weighted by atomic mass is 10.0. The molecule has 0 aliphatic carbocycles. The number of hydrogen-bond acceptors (Lipinski definition) is 5. The number of aromatic carboxylic acids is 1. The van der Waals surface area contributed by atoms with E-state index in [9.17, 15) is 4.79 Å². The minimum Gasteiger partial charge on any atom is -0.478 e. The van der Waals surface area contributed by atoms with Crippen LogP contribution >= 0.6 is 0 Å². The van der Waals surface area contributed by atoms with Crippen LogP contribution in [0.4, 0.5) is 5.82 Å². The topological polar surface area (TPSA) is 65.9 Å². The van der Waals surface area contributed by atoms with Crippen LogP contribution in [0, 0.1) is 0 Å². The molecular formula is C18H21N3O3. The standard InChI is InChI=1S/C18H21N3O3/c1-2-21(20-9-11-24-12-10-20)17-13-16(7-8-19-17)14-3-5-15(6-4-14)18(22)23/h3-8,13H,2,9-12H2,1H3,(H,22,23). The molecule has 24 heavy (non-hydrogen) atoms. The fourth-order valence-corrected chi connectivity index (χ4v) is 2.85. The maximum absolute atomic E-state index is 11.0. The van der Waals surface area contributed by atoms with E-state index in [4.69, 9.17) is 9.84 Å². The van der Waals surface area contributed by atoms with Crippen molar-refractivity contribution in [2.75, 3.05) is 37.9 Å². The summed E-state index contributed by atoms with van der Waals surface area (Å²) in [5, 5.41) is 13.4. The Kier molecular flexibility index (Phi) is 5.08. The first kappa shape index (κ1) is 16.4. The van der Waals surface area contributed by atoms with Gasteiger partial charge in [0.15, 0.2) is 0 Å². The summed E-state index contributed by atoms with van der Waals surface area (Å²) in [6.45, 7) is 6.10. The van der Waals surface area contributed by atoms with Crippen LogP contribution in [0.5, 0.6) is 0 Å². The third-order valence-corrected chi connectivity index (χ3v) is 4.10. The molecule has 1 aliphatic rings. The summed E-state index contributed by atoms with van der Waals surface area (Å²) in [5.74, 6) is -0.0272. The van der Waals surface area contributed by atoms with Crippen molar-refractivity contribution in [2.24, 2.45) is 0 Å². The number of morpholine rings is 1.